The van der Waals surface area contributed by atoms with Crippen molar-refractivity contribution in [3.8, 4) is 5.75 Å². The molecule has 100 valence electrons. The number of nitrogens with one attached hydrogen (secondary N) is 1. The smallest absolute Gasteiger partial charge is 0.145 e. The monoisotopic (exact) mass is 281 g/mol. The third-order valence-electron chi connectivity index (χ3n) is 2.66. The number of hydrogen-bond donors (Lipinski definition) is 1. The first kappa shape index (κ1) is 13.5. The van der Waals surface area contributed by atoms with Gasteiger partial charge < -0.3 is 10.1 Å². The van der Waals surface area contributed by atoms with Gasteiger partial charge in [-0.2, -0.15) is 0 Å². The fourth-order valence-electron chi connectivity index (χ4n) is 1.71. The summed E-state index contributed by atoms with van der Waals surface area (Å²) in [5, 5.41) is 3.49. The Labute approximate surface area is 115 Å². The molecule has 0 spiro atoms. The van der Waals surface area contributed by atoms with Gasteiger partial charge in [0.15, 0.2) is 0 Å². The third kappa shape index (κ3) is 2.93. The molecular formula is C13H13ClFN3O. The second-order valence-electron chi connectivity index (χ2n) is 3.81. The summed E-state index contributed by atoms with van der Waals surface area (Å²) in [5.74, 6) is 0.628. The molecule has 0 fully saturated rings. The molecule has 1 N–H and O–H groups in total. The lowest BCUT2D eigenvalue weighted by atomic mass is 10.2. The number of nitrogens with zero attached hydrogens (tertiary/aromatic N) is 2. The first-order chi connectivity index (χ1) is 9.15. The summed E-state index contributed by atoms with van der Waals surface area (Å²) < 4.78 is 18.3. The summed E-state index contributed by atoms with van der Waals surface area (Å²) in [4.78, 5) is 8.08. The van der Waals surface area contributed by atoms with E-state index in [0.717, 1.165) is 5.56 Å². The van der Waals surface area contributed by atoms with Gasteiger partial charge in [0.25, 0.3) is 0 Å². The maximum Gasteiger partial charge on any atom is 0.145 e. The van der Waals surface area contributed by atoms with E-state index in [1.807, 2.05) is 6.92 Å². The van der Waals surface area contributed by atoms with E-state index in [0.29, 0.717) is 28.8 Å². The highest BCUT2D eigenvalue weighted by Crippen LogP contribution is 2.30. The Kier molecular flexibility index (Phi) is 4.16. The predicted octanol–water partition coefficient (Wildman–Crippen LogP) is 3.58. The third-order valence-corrected chi connectivity index (χ3v) is 2.99. The molecule has 0 aliphatic carbocycles. The van der Waals surface area contributed by atoms with Gasteiger partial charge in [0, 0.05) is 11.6 Å². The maximum atomic E-state index is 13.1. The van der Waals surface area contributed by atoms with Crippen molar-refractivity contribution in [2.45, 2.75) is 13.3 Å². The Morgan fingerprint density at radius 3 is 2.84 bits per heavy atom. The highest BCUT2D eigenvalue weighted by molar-refractivity contribution is 6.30. The minimum absolute atomic E-state index is 0.362. The van der Waals surface area contributed by atoms with E-state index in [-0.39, 0.29) is 5.82 Å². The number of anilines is 2. The van der Waals surface area contributed by atoms with Crippen LogP contribution < -0.4 is 10.1 Å². The Bertz CT molecular complexity index is 592. The van der Waals surface area contributed by atoms with Gasteiger partial charge in [0.1, 0.15) is 28.9 Å². The first-order valence-corrected chi connectivity index (χ1v) is 6.13. The molecule has 0 amide bonds. The molecule has 0 saturated heterocycles. The van der Waals surface area contributed by atoms with Gasteiger partial charge in [-0.1, -0.05) is 18.5 Å². The number of methoxy groups -OCH3 is 1. The van der Waals surface area contributed by atoms with Gasteiger partial charge >= 0.3 is 0 Å². The van der Waals surface area contributed by atoms with Crippen LogP contribution >= 0.6 is 11.6 Å². The van der Waals surface area contributed by atoms with Crippen LogP contribution in [-0.2, 0) is 6.42 Å². The van der Waals surface area contributed by atoms with Crippen LogP contribution in [0.1, 0.15) is 12.5 Å². The van der Waals surface area contributed by atoms with Crippen molar-refractivity contribution in [2.24, 2.45) is 0 Å². The van der Waals surface area contributed by atoms with Gasteiger partial charge in [-0.25, -0.2) is 14.4 Å². The average Bonchev–Trinajstić information content (AvgIpc) is 2.41. The number of hydrogen-bond acceptors (Lipinski definition) is 4. The molecule has 1 heterocycles. The van der Waals surface area contributed by atoms with Crippen molar-refractivity contribution >= 4 is 23.1 Å². The average molecular weight is 282 g/mol. The van der Waals surface area contributed by atoms with Crippen LogP contribution in [0.25, 0.3) is 0 Å². The van der Waals surface area contributed by atoms with Crippen LogP contribution in [0.3, 0.4) is 0 Å². The van der Waals surface area contributed by atoms with Gasteiger partial charge in [-0.15, -0.1) is 0 Å². The Morgan fingerprint density at radius 1 is 1.37 bits per heavy atom. The number of ether oxygens (including phenoxy) is 1. The lowest BCUT2D eigenvalue weighted by Gasteiger charge is -2.13. The zero-order valence-corrected chi connectivity index (χ0v) is 11.3. The van der Waals surface area contributed by atoms with Crippen LogP contribution in [0.4, 0.5) is 15.9 Å². The van der Waals surface area contributed by atoms with E-state index in [1.165, 1.54) is 25.6 Å². The molecule has 0 aliphatic heterocycles. The molecule has 6 heteroatoms. The molecule has 19 heavy (non-hydrogen) atoms. The molecule has 1 aromatic heterocycles. The number of halogens is 2. The molecule has 0 radical (unpaired) electrons. The summed E-state index contributed by atoms with van der Waals surface area (Å²) >= 11 is 6.01. The quantitative estimate of drug-likeness (QED) is 0.870. The zero-order chi connectivity index (χ0) is 13.8. The normalized spacial score (nSPS) is 10.3. The second-order valence-corrected chi connectivity index (χ2v) is 4.17. The largest absolute Gasteiger partial charge is 0.494 e. The molecule has 0 atom stereocenters. The number of rotatable bonds is 4. The highest BCUT2D eigenvalue weighted by atomic mass is 35.5. The number of aromatic nitrogens is 2. The van der Waals surface area contributed by atoms with Crippen molar-refractivity contribution in [1.29, 1.82) is 0 Å². The van der Waals surface area contributed by atoms with E-state index >= 15 is 0 Å². The lowest BCUT2D eigenvalue weighted by Crippen LogP contribution is -2.02. The van der Waals surface area contributed by atoms with Crippen molar-refractivity contribution in [3.63, 3.8) is 0 Å². The second kappa shape index (κ2) is 5.84. The Morgan fingerprint density at radius 2 is 2.16 bits per heavy atom. The summed E-state index contributed by atoms with van der Waals surface area (Å²) in [6.45, 7) is 1.96. The van der Waals surface area contributed by atoms with Crippen molar-refractivity contribution in [3.05, 3.63) is 41.1 Å². The molecule has 0 bridgehead atoms. The van der Waals surface area contributed by atoms with E-state index in [4.69, 9.17) is 16.3 Å². The predicted molar refractivity (Wildman–Crippen MR) is 72.7 cm³/mol. The van der Waals surface area contributed by atoms with Crippen molar-refractivity contribution < 1.29 is 9.13 Å². The van der Waals surface area contributed by atoms with Gasteiger partial charge in [0.05, 0.1) is 12.8 Å². The van der Waals surface area contributed by atoms with Gasteiger partial charge in [-0.3, -0.25) is 0 Å². The van der Waals surface area contributed by atoms with Crippen LogP contribution in [-0.4, -0.2) is 17.1 Å². The zero-order valence-electron chi connectivity index (χ0n) is 10.6. The van der Waals surface area contributed by atoms with E-state index < -0.39 is 0 Å². The molecule has 0 aliphatic rings. The van der Waals surface area contributed by atoms with Gasteiger partial charge in [-0.05, 0) is 18.6 Å². The fraction of sp³-hybridized carbons (Fsp3) is 0.231. The van der Waals surface area contributed by atoms with E-state index in [2.05, 4.69) is 15.3 Å². The topological polar surface area (TPSA) is 47.0 Å². The van der Waals surface area contributed by atoms with Crippen molar-refractivity contribution in [1.82, 2.24) is 9.97 Å². The minimum Gasteiger partial charge on any atom is -0.494 e. The molecule has 1 aromatic carbocycles. The van der Waals surface area contributed by atoms with E-state index in [9.17, 15) is 4.39 Å². The van der Waals surface area contributed by atoms with Crippen LogP contribution in [0.15, 0.2) is 24.5 Å². The summed E-state index contributed by atoms with van der Waals surface area (Å²) in [7, 11) is 1.48. The molecular weight excluding hydrogens is 269 g/mol. The van der Waals surface area contributed by atoms with Crippen molar-refractivity contribution in [2.75, 3.05) is 12.4 Å². The van der Waals surface area contributed by atoms with Crippen LogP contribution in [0.5, 0.6) is 5.75 Å². The standard InChI is InChI=1S/C13H13ClFN3O/c1-3-9-12(14)16-7-17-13(9)18-10-5-4-8(15)6-11(10)19-2/h4-7H,3H2,1-2H3,(H,16,17,18). The SMILES string of the molecule is CCc1c(Cl)ncnc1Nc1ccc(F)cc1OC. The summed E-state index contributed by atoms with van der Waals surface area (Å²) in [6.07, 6.45) is 2.06. The molecule has 0 unspecified atom stereocenters. The van der Waals surface area contributed by atoms with E-state index in [1.54, 1.807) is 6.07 Å². The van der Waals surface area contributed by atoms with Crippen LogP contribution in [0, 0.1) is 5.82 Å². The van der Waals surface area contributed by atoms with Gasteiger partial charge in [0.2, 0.25) is 0 Å². The molecule has 4 nitrogen and oxygen atoms in total. The lowest BCUT2D eigenvalue weighted by molar-refractivity contribution is 0.413. The fourth-order valence-corrected chi connectivity index (χ4v) is 1.97. The summed E-state index contributed by atoms with van der Waals surface area (Å²) in [5.41, 5.74) is 1.42. The number of benzene rings is 1. The maximum absolute atomic E-state index is 13.1. The summed E-state index contributed by atoms with van der Waals surface area (Å²) in [6, 6.07) is 4.24. The first-order valence-electron chi connectivity index (χ1n) is 5.75. The van der Waals surface area contributed by atoms with Crippen LogP contribution in [0.2, 0.25) is 5.15 Å². The Hall–Kier alpha value is -1.88. The minimum atomic E-state index is -0.362. The Balaban J connectivity index is 2.39. The highest BCUT2D eigenvalue weighted by Gasteiger charge is 2.11. The molecule has 2 rings (SSSR count). The molecule has 2 aromatic rings. The molecule has 0 saturated carbocycles.